The monoisotopic (exact) mass is 522 g/mol. The van der Waals surface area contributed by atoms with Crippen molar-refractivity contribution in [3.05, 3.63) is 65.3 Å². The molecule has 0 radical (unpaired) electrons. The summed E-state index contributed by atoms with van der Waals surface area (Å²) in [4.78, 5) is 28.1. The lowest BCUT2D eigenvalue weighted by Gasteiger charge is -2.20. The molecule has 0 bridgehead atoms. The Morgan fingerprint density at radius 3 is 2.75 bits per heavy atom. The van der Waals surface area contributed by atoms with Gasteiger partial charge in [-0.25, -0.2) is 15.0 Å². The first-order valence-electron chi connectivity index (χ1n) is 11.6. The first kappa shape index (κ1) is 24.5. The molecule has 0 unspecified atom stereocenters. The molecule has 9 nitrogen and oxygen atoms in total. The van der Waals surface area contributed by atoms with Gasteiger partial charge in [-0.2, -0.15) is 4.98 Å². The molecule has 1 fully saturated rings. The first-order valence-corrected chi connectivity index (χ1v) is 12.8. The molecule has 36 heavy (non-hydrogen) atoms. The number of para-hydroxylation sites is 1. The van der Waals surface area contributed by atoms with Crippen LogP contribution in [-0.4, -0.2) is 67.9 Å². The number of likely N-dealkylation sites (N-methyl/N-ethyl adjacent to an activating group) is 1. The predicted octanol–water partition coefficient (Wildman–Crippen LogP) is 5.02. The van der Waals surface area contributed by atoms with Gasteiger partial charge in [-0.3, -0.25) is 9.88 Å². The molecule has 186 valence electrons. The van der Waals surface area contributed by atoms with Crippen molar-refractivity contribution in [2.45, 2.75) is 25.9 Å². The summed E-state index contributed by atoms with van der Waals surface area (Å²) < 4.78 is 5.82. The van der Waals surface area contributed by atoms with Crippen molar-refractivity contribution >= 4 is 33.9 Å². The Morgan fingerprint density at radius 1 is 1.14 bits per heavy atom. The molecule has 1 saturated heterocycles. The summed E-state index contributed by atoms with van der Waals surface area (Å²) in [5.41, 5.74) is 2.46. The van der Waals surface area contributed by atoms with Crippen molar-refractivity contribution in [1.82, 2.24) is 34.7 Å². The van der Waals surface area contributed by atoms with Crippen molar-refractivity contribution in [2.75, 3.05) is 32.5 Å². The van der Waals surface area contributed by atoms with Crippen molar-refractivity contribution in [3.63, 3.8) is 0 Å². The third-order valence-electron chi connectivity index (χ3n) is 5.93. The maximum atomic E-state index is 6.21. The number of rotatable bonds is 8. The van der Waals surface area contributed by atoms with Gasteiger partial charge in [0.2, 0.25) is 0 Å². The average molecular weight is 523 g/mol. The Kier molecular flexibility index (Phi) is 7.38. The fourth-order valence-electron chi connectivity index (χ4n) is 4.01. The molecule has 4 heterocycles. The van der Waals surface area contributed by atoms with Gasteiger partial charge in [-0.05, 0) is 45.6 Å². The van der Waals surface area contributed by atoms with E-state index in [0.29, 0.717) is 27.8 Å². The van der Waals surface area contributed by atoms with Gasteiger partial charge in [-0.1, -0.05) is 35.1 Å². The SMILES string of the molecule is Cc1cc(-c2cnc(Nc3cnc(CN4CC[C@H](N(C)C)C4)cn3)s2)nc(Oc2ccccc2Cl)n1. The lowest BCUT2D eigenvalue weighted by atomic mass is 10.2. The molecule has 1 aliphatic rings. The van der Waals surface area contributed by atoms with Crippen LogP contribution in [0.3, 0.4) is 0 Å². The number of hydrogen-bond donors (Lipinski definition) is 1. The molecule has 0 aliphatic carbocycles. The molecule has 1 aliphatic heterocycles. The highest BCUT2D eigenvalue weighted by molar-refractivity contribution is 7.18. The Balaban J connectivity index is 1.23. The molecule has 5 rings (SSSR count). The molecule has 0 saturated carbocycles. The number of thiazole rings is 1. The highest BCUT2D eigenvalue weighted by Gasteiger charge is 2.24. The van der Waals surface area contributed by atoms with Crippen LogP contribution in [0.5, 0.6) is 11.8 Å². The summed E-state index contributed by atoms with van der Waals surface area (Å²) in [6.07, 6.45) is 6.53. The molecule has 3 aromatic heterocycles. The number of nitrogens with one attached hydrogen (secondary N) is 1. The summed E-state index contributed by atoms with van der Waals surface area (Å²) in [6.45, 7) is 4.85. The second-order valence-electron chi connectivity index (χ2n) is 8.90. The van der Waals surface area contributed by atoms with E-state index < -0.39 is 0 Å². The smallest absolute Gasteiger partial charge is 0.322 e. The van der Waals surface area contributed by atoms with E-state index in [0.717, 1.165) is 41.6 Å². The average Bonchev–Trinajstić information content (AvgIpc) is 3.52. The lowest BCUT2D eigenvalue weighted by Crippen LogP contribution is -2.31. The standard InChI is InChI=1S/C25H27ClN8OS/c1-16-10-20(31-24(30-16)35-21-7-5-4-6-19(21)26)22-12-29-25(36-22)32-23-13-27-17(11-28-23)14-34-9-8-18(15-34)33(2)3/h4-7,10-13,18H,8-9,14-15H2,1-3H3,(H,28,29,32)/t18-/m0/s1. The van der Waals surface area contributed by atoms with E-state index in [4.69, 9.17) is 16.3 Å². The quantitative estimate of drug-likeness (QED) is 0.342. The number of nitrogens with zero attached hydrogens (tertiary/aromatic N) is 7. The van der Waals surface area contributed by atoms with E-state index in [1.54, 1.807) is 24.5 Å². The molecule has 1 aromatic carbocycles. The number of halogens is 1. The third-order valence-corrected chi connectivity index (χ3v) is 7.18. The topological polar surface area (TPSA) is 92.2 Å². The van der Waals surface area contributed by atoms with Gasteiger partial charge in [0.05, 0.1) is 33.7 Å². The summed E-state index contributed by atoms with van der Waals surface area (Å²) in [7, 11) is 4.27. The van der Waals surface area contributed by atoms with E-state index >= 15 is 0 Å². The van der Waals surface area contributed by atoms with Crippen LogP contribution in [0.15, 0.2) is 48.9 Å². The first-order chi connectivity index (χ1) is 17.4. The van der Waals surface area contributed by atoms with E-state index in [1.807, 2.05) is 31.3 Å². The molecule has 1 atom stereocenters. The molecule has 1 N–H and O–H groups in total. The van der Waals surface area contributed by atoms with Crippen LogP contribution in [-0.2, 0) is 6.54 Å². The number of aromatic nitrogens is 5. The maximum Gasteiger partial charge on any atom is 0.322 e. The zero-order chi connectivity index (χ0) is 25.1. The van der Waals surface area contributed by atoms with Gasteiger partial charge in [-0.15, -0.1) is 0 Å². The second kappa shape index (κ2) is 10.8. The number of benzene rings is 1. The molecule has 11 heteroatoms. The number of ether oxygens (including phenoxy) is 1. The zero-order valence-corrected chi connectivity index (χ0v) is 21.9. The normalized spacial score (nSPS) is 16.0. The molecular formula is C25H27ClN8OS. The van der Waals surface area contributed by atoms with Crippen molar-refractivity contribution in [2.24, 2.45) is 0 Å². The van der Waals surface area contributed by atoms with Gasteiger partial charge in [0.25, 0.3) is 0 Å². The highest BCUT2D eigenvalue weighted by atomic mass is 35.5. The van der Waals surface area contributed by atoms with E-state index in [1.165, 1.54) is 17.8 Å². The van der Waals surface area contributed by atoms with E-state index in [9.17, 15) is 0 Å². The minimum atomic E-state index is 0.234. The molecule has 0 spiro atoms. The summed E-state index contributed by atoms with van der Waals surface area (Å²) in [6, 6.07) is 9.96. The zero-order valence-electron chi connectivity index (χ0n) is 20.3. The van der Waals surface area contributed by atoms with Crippen LogP contribution in [0.4, 0.5) is 10.9 Å². The number of hydrogen-bond acceptors (Lipinski definition) is 10. The largest absolute Gasteiger partial charge is 0.423 e. The van der Waals surface area contributed by atoms with Crippen molar-refractivity contribution < 1.29 is 4.74 Å². The van der Waals surface area contributed by atoms with Crippen LogP contribution in [0.25, 0.3) is 10.6 Å². The maximum absolute atomic E-state index is 6.21. The van der Waals surface area contributed by atoms with Crippen LogP contribution in [0.2, 0.25) is 5.02 Å². The van der Waals surface area contributed by atoms with Gasteiger partial charge >= 0.3 is 6.01 Å². The number of likely N-dealkylation sites (tertiary alicyclic amines) is 1. The van der Waals surface area contributed by atoms with Gasteiger partial charge < -0.3 is 15.0 Å². The summed E-state index contributed by atoms with van der Waals surface area (Å²) in [5, 5.41) is 4.43. The van der Waals surface area contributed by atoms with Crippen LogP contribution in [0.1, 0.15) is 17.8 Å². The Bertz CT molecular complexity index is 1330. The van der Waals surface area contributed by atoms with Crippen molar-refractivity contribution in [1.29, 1.82) is 0 Å². The Labute approximate surface area is 219 Å². The van der Waals surface area contributed by atoms with Gasteiger partial charge in [0, 0.05) is 37.6 Å². The number of aryl methyl sites for hydroxylation is 1. The molecule has 4 aromatic rings. The van der Waals surface area contributed by atoms with Crippen LogP contribution >= 0.6 is 22.9 Å². The van der Waals surface area contributed by atoms with Crippen LogP contribution in [0, 0.1) is 6.92 Å². The number of anilines is 2. The van der Waals surface area contributed by atoms with Crippen molar-refractivity contribution in [3.8, 4) is 22.3 Å². The second-order valence-corrected chi connectivity index (χ2v) is 10.3. The fourth-order valence-corrected chi connectivity index (χ4v) is 4.96. The Morgan fingerprint density at radius 2 is 2.00 bits per heavy atom. The third kappa shape index (κ3) is 5.96. The van der Waals surface area contributed by atoms with Gasteiger partial charge in [0.1, 0.15) is 5.75 Å². The van der Waals surface area contributed by atoms with Gasteiger partial charge in [0.15, 0.2) is 10.9 Å². The lowest BCUT2D eigenvalue weighted by molar-refractivity contribution is 0.263. The Hall–Kier alpha value is -3.18. The minimum Gasteiger partial charge on any atom is -0.423 e. The van der Waals surface area contributed by atoms with E-state index in [2.05, 4.69) is 54.1 Å². The predicted molar refractivity (Wildman–Crippen MR) is 142 cm³/mol. The van der Waals surface area contributed by atoms with E-state index in [-0.39, 0.29) is 6.01 Å². The summed E-state index contributed by atoms with van der Waals surface area (Å²) >= 11 is 7.67. The minimum absolute atomic E-state index is 0.234. The highest BCUT2D eigenvalue weighted by Crippen LogP contribution is 2.32. The molecular weight excluding hydrogens is 496 g/mol. The van der Waals surface area contributed by atoms with Crippen LogP contribution < -0.4 is 10.1 Å². The molecule has 0 amide bonds. The summed E-state index contributed by atoms with van der Waals surface area (Å²) in [5.74, 6) is 1.15. The fraction of sp³-hybridized carbons (Fsp3) is 0.320.